The number of hydrogen-bond donors (Lipinski definition) is 0. The van der Waals surface area contributed by atoms with E-state index in [4.69, 9.17) is 4.74 Å². The first-order valence-electron chi connectivity index (χ1n) is 5.31. The molecule has 0 aromatic heterocycles. The fraction of sp³-hybridized carbons (Fsp3) is 0.500. The van der Waals surface area contributed by atoms with Crippen LogP contribution in [0.25, 0.3) is 0 Å². The van der Waals surface area contributed by atoms with Crippen molar-refractivity contribution in [1.29, 1.82) is 0 Å². The largest absolute Gasteiger partial charge is 0.487 e. The van der Waals surface area contributed by atoms with Gasteiger partial charge in [0.05, 0.1) is 12.2 Å². The van der Waals surface area contributed by atoms with Crippen molar-refractivity contribution in [3.05, 3.63) is 24.0 Å². The maximum Gasteiger partial charge on any atom is 0.146 e. The van der Waals surface area contributed by atoms with E-state index in [1.807, 2.05) is 6.92 Å². The van der Waals surface area contributed by atoms with Crippen molar-refractivity contribution in [3.8, 4) is 5.75 Å². The van der Waals surface area contributed by atoms with E-state index in [1.165, 1.54) is 12.1 Å². The van der Waals surface area contributed by atoms with Crippen LogP contribution in [-0.4, -0.2) is 18.7 Å². The van der Waals surface area contributed by atoms with Gasteiger partial charge in [0.15, 0.2) is 0 Å². The standard InChI is InChI=1S/C12H16FNO/c1-8(2)14-7-9(3)15-12-6-10(13)4-5-11(12)14/h4-6,8-9H,7H2,1-3H3. The summed E-state index contributed by atoms with van der Waals surface area (Å²) >= 11 is 0. The second-order valence-electron chi connectivity index (χ2n) is 4.29. The van der Waals surface area contributed by atoms with Crippen molar-refractivity contribution in [2.75, 3.05) is 11.4 Å². The Morgan fingerprint density at radius 3 is 2.87 bits per heavy atom. The minimum atomic E-state index is -0.244. The van der Waals surface area contributed by atoms with Gasteiger partial charge in [-0.15, -0.1) is 0 Å². The quantitative estimate of drug-likeness (QED) is 0.705. The normalized spacial score (nSPS) is 20.1. The molecule has 1 atom stereocenters. The molecule has 0 saturated heterocycles. The zero-order chi connectivity index (χ0) is 11.0. The number of ether oxygens (including phenoxy) is 1. The number of benzene rings is 1. The molecule has 1 unspecified atom stereocenters. The highest BCUT2D eigenvalue weighted by molar-refractivity contribution is 5.60. The molecule has 15 heavy (non-hydrogen) atoms. The van der Waals surface area contributed by atoms with Gasteiger partial charge < -0.3 is 9.64 Å². The Balaban J connectivity index is 2.42. The SMILES string of the molecule is CC1CN(C(C)C)c2ccc(F)cc2O1. The maximum atomic E-state index is 13.1. The molecule has 0 radical (unpaired) electrons. The molecular formula is C12H16FNO. The monoisotopic (exact) mass is 209 g/mol. The van der Waals surface area contributed by atoms with Crippen molar-refractivity contribution >= 4 is 5.69 Å². The highest BCUT2D eigenvalue weighted by atomic mass is 19.1. The Kier molecular flexibility index (Phi) is 2.55. The molecule has 1 heterocycles. The summed E-state index contributed by atoms with van der Waals surface area (Å²) in [6.07, 6.45) is 0.113. The topological polar surface area (TPSA) is 12.5 Å². The molecule has 3 heteroatoms. The molecule has 0 saturated carbocycles. The fourth-order valence-electron chi connectivity index (χ4n) is 1.94. The Morgan fingerprint density at radius 2 is 2.20 bits per heavy atom. The summed E-state index contributed by atoms with van der Waals surface area (Å²) in [4.78, 5) is 2.24. The summed E-state index contributed by atoms with van der Waals surface area (Å²) < 4.78 is 18.7. The van der Waals surface area contributed by atoms with Crippen LogP contribution in [0.5, 0.6) is 5.75 Å². The van der Waals surface area contributed by atoms with Crippen LogP contribution in [0.2, 0.25) is 0 Å². The van der Waals surface area contributed by atoms with Crippen molar-refractivity contribution in [1.82, 2.24) is 0 Å². The molecule has 0 fully saturated rings. The summed E-state index contributed by atoms with van der Waals surface area (Å²) in [5, 5.41) is 0. The Bertz CT molecular complexity index is 365. The molecule has 1 aliphatic heterocycles. The number of rotatable bonds is 1. The minimum absolute atomic E-state index is 0.113. The Labute approximate surface area is 89.7 Å². The molecule has 1 aliphatic rings. The number of anilines is 1. The van der Waals surface area contributed by atoms with Gasteiger partial charge in [0.1, 0.15) is 17.7 Å². The maximum absolute atomic E-state index is 13.1. The van der Waals surface area contributed by atoms with E-state index in [9.17, 15) is 4.39 Å². The third-order valence-electron chi connectivity index (χ3n) is 2.64. The van der Waals surface area contributed by atoms with Crippen molar-refractivity contribution in [2.24, 2.45) is 0 Å². The number of hydrogen-bond acceptors (Lipinski definition) is 2. The van der Waals surface area contributed by atoms with Gasteiger partial charge >= 0.3 is 0 Å². The van der Waals surface area contributed by atoms with E-state index in [-0.39, 0.29) is 11.9 Å². The minimum Gasteiger partial charge on any atom is -0.487 e. The average Bonchev–Trinajstić information content (AvgIpc) is 2.15. The molecule has 0 bridgehead atoms. The van der Waals surface area contributed by atoms with Crippen LogP contribution in [0, 0.1) is 5.82 Å². The first kappa shape index (κ1) is 10.3. The molecule has 2 rings (SSSR count). The molecule has 82 valence electrons. The Morgan fingerprint density at radius 1 is 1.47 bits per heavy atom. The van der Waals surface area contributed by atoms with Crippen LogP contribution in [-0.2, 0) is 0 Å². The highest BCUT2D eigenvalue weighted by Crippen LogP contribution is 2.34. The van der Waals surface area contributed by atoms with Gasteiger partial charge in [0, 0.05) is 12.1 Å². The van der Waals surface area contributed by atoms with Crippen molar-refractivity contribution < 1.29 is 9.13 Å². The van der Waals surface area contributed by atoms with Crippen LogP contribution >= 0.6 is 0 Å². The number of halogens is 1. The van der Waals surface area contributed by atoms with Crippen LogP contribution in [0.3, 0.4) is 0 Å². The molecule has 0 amide bonds. The molecule has 2 nitrogen and oxygen atoms in total. The van der Waals surface area contributed by atoms with E-state index in [0.29, 0.717) is 11.8 Å². The third-order valence-corrected chi connectivity index (χ3v) is 2.64. The summed E-state index contributed by atoms with van der Waals surface area (Å²) in [5.74, 6) is 0.411. The molecule has 0 N–H and O–H groups in total. The first-order chi connectivity index (χ1) is 7.08. The lowest BCUT2D eigenvalue weighted by molar-refractivity contribution is 0.208. The van der Waals surface area contributed by atoms with Crippen LogP contribution in [0.15, 0.2) is 18.2 Å². The van der Waals surface area contributed by atoms with E-state index in [2.05, 4.69) is 18.7 Å². The summed E-state index contributed by atoms with van der Waals surface area (Å²) in [5.41, 5.74) is 0.990. The van der Waals surface area contributed by atoms with Crippen LogP contribution in [0.4, 0.5) is 10.1 Å². The van der Waals surface area contributed by atoms with E-state index >= 15 is 0 Å². The highest BCUT2D eigenvalue weighted by Gasteiger charge is 2.24. The van der Waals surface area contributed by atoms with Gasteiger partial charge in [-0.3, -0.25) is 0 Å². The lowest BCUT2D eigenvalue weighted by Crippen LogP contribution is -2.42. The zero-order valence-corrected chi connectivity index (χ0v) is 9.33. The number of nitrogens with zero attached hydrogens (tertiary/aromatic N) is 1. The Hall–Kier alpha value is -1.25. The summed E-state index contributed by atoms with van der Waals surface area (Å²) in [7, 11) is 0. The summed E-state index contributed by atoms with van der Waals surface area (Å²) in [6.45, 7) is 7.12. The first-order valence-corrected chi connectivity index (χ1v) is 5.31. The van der Waals surface area contributed by atoms with Crippen LogP contribution < -0.4 is 9.64 Å². The van der Waals surface area contributed by atoms with E-state index in [0.717, 1.165) is 12.2 Å². The smallest absolute Gasteiger partial charge is 0.146 e. The second-order valence-corrected chi connectivity index (χ2v) is 4.29. The molecular weight excluding hydrogens is 193 g/mol. The van der Waals surface area contributed by atoms with Crippen molar-refractivity contribution in [3.63, 3.8) is 0 Å². The van der Waals surface area contributed by atoms with Gasteiger partial charge in [-0.1, -0.05) is 0 Å². The molecule has 0 aliphatic carbocycles. The fourth-order valence-corrected chi connectivity index (χ4v) is 1.94. The van der Waals surface area contributed by atoms with Crippen molar-refractivity contribution in [2.45, 2.75) is 32.9 Å². The molecule has 1 aromatic carbocycles. The lowest BCUT2D eigenvalue weighted by Gasteiger charge is -2.37. The van der Waals surface area contributed by atoms with Crippen LogP contribution in [0.1, 0.15) is 20.8 Å². The van der Waals surface area contributed by atoms with Gasteiger partial charge in [-0.25, -0.2) is 4.39 Å². The zero-order valence-electron chi connectivity index (χ0n) is 9.33. The number of fused-ring (bicyclic) bond motifs is 1. The average molecular weight is 209 g/mol. The van der Waals surface area contributed by atoms with Gasteiger partial charge in [0.2, 0.25) is 0 Å². The third kappa shape index (κ3) is 1.91. The second kappa shape index (κ2) is 3.72. The van der Waals surface area contributed by atoms with E-state index in [1.54, 1.807) is 6.07 Å². The van der Waals surface area contributed by atoms with Gasteiger partial charge in [-0.2, -0.15) is 0 Å². The molecule has 1 aromatic rings. The lowest BCUT2D eigenvalue weighted by atomic mass is 10.1. The van der Waals surface area contributed by atoms with Gasteiger partial charge in [0.25, 0.3) is 0 Å². The summed E-state index contributed by atoms with van der Waals surface area (Å²) in [6, 6.07) is 5.13. The predicted octanol–water partition coefficient (Wildman–Crippen LogP) is 2.82. The predicted molar refractivity (Wildman–Crippen MR) is 59.0 cm³/mol. The van der Waals surface area contributed by atoms with Gasteiger partial charge in [-0.05, 0) is 32.9 Å². The van der Waals surface area contributed by atoms with E-state index < -0.39 is 0 Å². The molecule has 0 spiro atoms.